The molecule has 1 aliphatic heterocycles. The van der Waals surface area contributed by atoms with Crippen molar-refractivity contribution in [2.75, 3.05) is 40.0 Å². The third-order valence-corrected chi connectivity index (χ3v) is 3.13. The topological polar surface area (TPSA) is 79.8 Å². The van der Waals surface area contributed by atoms with E-state index in [1.165, 1.54) is 0 Å². The molecule has 0 aromatic rings. The van der Waals surface area contributed by atoms with Crippen molar-refractivity contribution in [3.8, 4) is 0 Å². The van der Waals surface area contributed by atoms with E-state index in [4.69, 9.17) is 9.47 Å². The Morgan fingerprint density at radius 2 is 2.21 bits per heavy atom. The predicted octanol–water partition coefficient (Wildman–Crippen LogP) is -0.341. The number of carbonyl (C=O) groups excluding carboxylic acids is 1. The van der Waals surface area contributed by atoms with Crippen LogP contribution in [0.3, 0.4) is 0 Å². The number of aliphatic hydroxyl groups excluding tert-OH is 1. The maximum absolute atomic E-state index is 11.5. The van der Waals surface area contributed by atoms with Crippen molar-refractivity contribution in [1.29, 1.82) is 0 Å². The van der Waals surface area contributed by atoms with Crippen LogP contribution >= 0.6 is 0 Å². The molecule has 0 radical (unpaired) electrons. The van der Waals surface area contributed by atoms with Crippen molar-refractivity contribution >= 4 is 5.91 Å². The molecular formula is C13H26N2O4. The Hall–Kier alpha value is -0.690. The summed E-state index contributed by atoms with van der Waals surface area (Å²) < 4.78 is 10.5. The molecule has 1 heterocycles. The highest BCUT2D eigenvalue weighted by atomic mass is 16.5. The molecule has 6 heteroatoms. The Balaban J connectivity index is 1.95. The Morgan fingerprint density at radius 1 is 1.47 bits per heavy atom. The highest BCUT2D eigenvalue weighted by molar-refractivity contribution is 5.75. The van der Waals surface area contributed by atoms with E-state index in [9.17, 15) is 9.90 Å². The summed E-state index contributed by atoms with van der Waals surface area (Å²) in [6.45, 7) is 3.23. The van der Waals surface area contributed by atoms with Crippen LogP contribution < -0.4 is 10.6 Å². The lowest BCUT2D eigenvalue weighted by Gasteiger charge is -2.22. The van der Waals surface area contributed by atoms with Crippen LogP contribution in [0.5, 0.6) is 0 Å². The van der Waals surface area contributed by atoms with Crippen LogP contribution in [0.25, 0.3) is 0 Å². The third kappa shape index (κ3) is 8.15. The first-order chi connectivity index (χ1) is 9.22. The van der Waals surface area contributed by atoms with Gasteiger partial charge in [0.2, 0.25) is 5.91 Å². The van der Waals surface area contributed by atoms with Gasteiger partial charge in [0.25, 0.3) is 0 Å². The van der Waals surface area contributed by atoms with E-state index in [-0.39, 0.29) is 12.0 Å². The number of amides is 1. The number of hydrogen-bond donors (Lipinski definition) is 3. The van der Waals surface area contributed by atoms with Crippen molar-refractivity contribution < 1.29 is 19.4 Å². The molecule has 0 aromatic carbocycles. The van der Waals surface area contributed by atoms with Gasteiger partial charge >= 0.3 is 0 Å². The molecule has 19 heavy (non-hydrogen) atoms. The Morgan fingerprint density at radius 3 is 2.89 bits per heavy atom. The van der Waals surface area contributed by atoms with Gasteiger partial charge in [-0.25, -0.2) is 0 Å². The summed E-state index contributed by atoms with van der Waals surface area (Å²) in [5.74, 6) is -0.0291. The Bertz CT molecular complexity index is 245. The largest absolute Gasteiger partial charge is 0.391 e. The third-order valence-electron chi connectivity index (χ3n) is 3.13. The number of rotatable bonds is 9. The van der Waals surface area contributed by atoms with Crippen LogP contribution in [0.1, 0.15) is 25.7 Å². The first kappa shape index (κ1) is 16.4. The zero-order valence-corrected chi connectivity index (χ0v) is 11.7. The van der Waals surface area contributed by atoms with E-state index in [0.717, 1.165) is 25.9 Å². The molecule has 0 aliphatic carbocycles. The number of piperidine rings is 1. The van der Waals surface area contributed by atoms with E-state index >= 15 is 0 Å². The van der Waals surface area contributed by atoms with Gasteiger partial charge in [0.1, 0.15) is 0 Å². The quantitative estimate of drug-likeness (QED) is 0.536. The van der Waals surface area contributed by atoms with Gasteiger partial charge < -0.3 is 25.2 Å². The number of ether oxygens (including phenoxy) is 2. The van der Waals surface area contributed by atoms with Crippen LogP contribution in [0.2, 0.25) is 0 Å². The second-order valence-corrected chi connectivity index (χ2v) is 4.82. The van der Waals surface area contributed by atoms with Gasteiger partial charge in [-0.05, 0) is 32.4 Å². The highest BCUT2D eigenvalue weighted by Crippen LogP contribution is 2.07. The molecule has 0 aromatic heterocycles. The summed E-state index contributed by atoms with van der Waals surface area (Å²) in [7, 11) is 1.54. The van der Waals surface area contributed by atoms with E-state index in [0.29, 0.717) is 32.6 Å². The summed E-state index contributed by atoms with van der Waals surface area (Å²) in [6, 6.07) is 0. The lowest BCUT2D eigenvalue weighted by Crippen LogP contribution is -2.33. The molecule has 3 N–H and O–H groups in total. The van der Waals surface area contributed by atoms with Crippen LogP contribution in [0.15, 0.2) is 0 Å². The molecule has 0 bridgehead atoms. The molecule has 0 spiro atoms. The monoisotopic (exact) mass is 274 g/mol. The maximum Gasteiger partial charge on any atom is 0.222 e. The Kier molecular flexibility index (Phi) is 8.73. The predicted molar refractivity (Wildman–Crippen MR) is 72.0 cm³/mol. The molecule has 1 fully saturated rings. The average Bonchev–Trinajstić information content (AvgIpc) is 2.40. The maximum atomic E-state index is 11.5. The van der Waals surface area contributed by atoms with E-state index in [1.54, 1.807) is 7.11 Å². The van der Waals surface area contributed by atoms with E-state index in [1.807, 2.05) is 0 Å². The molecule has 1 saturated heterocycles. The minimum absolute atomic E-state index is 0.0291. The molecule has 1 aliphatic rings. The fourth-order valence-electron chi connectivity index (χ4n) is 2.02. The van der Waals surface area contributed by atoms with E-state index < -0.39 is 6.10 Å². The van der Waals surface area contributed by atoms with Crippen LogP contribution in [-0.4, -0.2) is 63.2 Å². The average molecular weight is 274 g/mol. The molecule has 6 nitrogen and oxygen atoms in total. The lowest BCUT2D eigenvalue weighted by atomic mass is 10.1. The Labute approximate surface area is 114 Å². The standard InChI is InChI=1S/C13H26N2O4/c1-18-10-11(16)2-8-15-13(17)5-9-19-12-3-6-14-7-4-12/h11-12,14,16H,2-10H2,1H3,(H,15,17). The van der Waals surface area contributed by atoms with E-state index in [2.05, 4.69) is 10.6 Å². The van der Waals surface area contributed by atoms with Crippen molar-refractivity contribution in [3.63, 3.8) is 0 Å². The smallest absolute Gasteiger partial charge is 0.222 e. The summed E-state index contributed by atoms with van der Waals surface area (Å²) in [5, 5.41) is 15.4. The zero-order valence-electron chi connectivity index (χ0n) is 11.7. The minimum Gasteiger partial charge on any atom is -0.391 e. The molecule has 0 saturated carbocycles. The lowest BCUT2D eigenvalue weighted by molar-refractivity contribution is -0.122. The summed E-state index contributed by atoms with van der Waals surface area (Å²) in [5.41, 5.74) is 0. The van der Waals surface area contributed by atoms with Crippen LogP contribution in [-0.2, 0) is 14.3 Å². The second-order valence-electron chi connectivity index (χ2n) is 4.82. The van der Waals surface area contributed by atoms with Crippen LogP contribution in [0, 0.1) is 0 Å². The summed E-state index contributed by atoms with van der Waals surface area (Å²) >= 11 is 0. The minimum atomic E-state index is -0.517. The van der Waals surface area contributed by atoms with Gasteiger partial charge in [-0.15, -0.1) is 0 Å². The molecule has 1 unspecified atom stereocenters. The number of methoxy groups -OCH3 is 1. The van der Waals surface area contributed by atoms with Crippen molar-refractivity contribution in [3.05, 3.63) is 0 Å². The van der Waals surface area contributed by atoms with Crippen molar-refractivity contribution in [2.24, 2.45) is 0 Å². The molecule has 112 valence electrons. The SMILES string of the molecule is COCC(O)CCNC(=O)CCOC1CCNCC1. The number of hydrogen-bond acceptors (Lipinski definition) is 5. The zero-order chi connectivity index (χ0) is 13.9. The second kappa shape index (κ2) is 10.1. The van der Waals surface area contributed by atoms with Gasteiger partial charge in [-0.2, -0.15) is 0 Å². The normalized spacial score (nSPS) is 18.2. The van der Waals surface area contributed by atoms with Crippen molar-refractivity contribution in [1.82, 2.24) is 10.6 Å². The highest BCUT2D eigenvalue weighted by Gasteiger charge is 2.13. The fraction of sp³-hybridized carbons (Fsp3) is 0.923. The fourth-order valence-corrected chi connectivity index (χ4v) is 2.02. The van der Waals surface area contributed by atoms with Crippen LogP contribution in [0.4, 0.5) is 0 Å². The van der Waals surface area contributed by atoms with Gasteiger partial charge in [0, 0.05) is 20.1 Å². The molecule has 1 atom stereocenters. The number of nitrogens with one attached hydrogen (secondary N) is 2. The first-order valence-corrected chi connectivity index (χ1v) is 6.98. The molecule has 1 amide bonds. The van der Waals surface area contributed by atoms with Gasteiger partial charge in [0.05, 0.1) is 25.4 Å². The number of aliphatic hydroxyl groups is 1. The summed E-state index contributed by atoms with van der Waals surface area (Å²) in [6.07, 6.45) is 2.70. The van der Waals surface area contributed by atoms with Gasteiger partial charge in [-0.3, -0.25) is 4.79 Å². The molecule has 1 rings (SSSR count). The first-order valence-electron chi connectivity index (χ1n) is 6.98. The number of carbonyl (C=O) groups is 1. The molecular weight excluding hydrogens is 248 g/mol. The van der Waals surface area contributed by atoms with Gasteiger partial charge in [-0.1, -0.05) is 0 Å². The van der Waals surface area contributed by atoms with Gasteiger partial charge in [0.15, 0.2) is 0 Å². The van der Waals surface area contributed by atoms with Crippen molar-refractivity contribution in [2.45, 2.75) is 37.9 Å². The summed E-state index contributed by atoms with van der Waals surface area (Å²) in [4.78, 5) is 11.5.